The Bertz CT molecular complexity index is 847. The van der Waals surface area contributed by atoms with Crippen molar-refractivity contribution in [2.45, 2.75) is 26.3 Å². The van der Waals surface area contributed by atoms with Crippen molar-refractivity contribution in [3.05, 3.63) is 33.4 Å². The molecule has 0 spiro atoms. The molecule has 0 bridgehead atoms. The molecular formula is C17H18Cl2N2O4. The number of carbonyl (C=O) groups excluding carboxylic acids is 1. The highest BCUT2D eigenvalue weighted by atomic mass is 35.5. The Labute approximate surface area is 154 Å². The van der Waals surface area contributed by atoms with Crippen molar-refractivity contribution < 1.29 is 19.4 Å². The summed E-state index contributed by atoms with van der Waals surface area (Å²) in [6, 6.07) is 3.43. The fraction of sp³-hybridized carbons (Fsp3) is 0.412. The highest BCUT2D eigenvalue weighted by Gasteiger charge is 2.27. The van der Waals surface area contributed by atoms with E-state index in [-0.39, 0.29) is 12.5 Å². The Balaban J connectivity index is 2.15. The molecular weight excluding hydrogens is 367 g/mol. The molecule has 25 heavy (non-hydrogen) atoms. The van der Waals surface area contributed by atoms with Gasteiger partial charge in [0.25, 0.3) is 0 Å². The second-order valence-corrected chi connectivity index (χ2v) is 6.65. The molecule has 0 fully saturated rings. The number of esters is 1. The van der Waals surface area contributed by atoms with Gasteiger partial charge in [-0.3, -0.25) is 4.79 Å². The van der Waals surface area contributed by atoms with Gasteiger partial charge in [-0.1, -0.05) is 23.2 Å². The number of halogens is 2. The number of nitrogens with zero attached hydrogens (tertiary/aromatic N) is 2. The smallest absolute Gasteiger partial charge is 0.407 e. The molecule has 1 aromatic carbocycles. The van der Waals surface area contributed by atoms with Gasteiger partial charge in [0.15, 0.2) is 0 Å². The summed E-state index contributed by atoms with van der Waals surface area (Å²) >= 11 is 12.8. The van der Waals surface area contributed by atoms with Crippen molar-refractivity contribution in [2.75, 3.05) is 19.7 Å². The number of hydrogen-bond donors (Lipinski definition) is 1. The summed E-state index contributed by atoms with van der Waals surface area (Å²) in [5, 5.41) is 11.1. The first-order chi connectivity index (χ1) is 11.9. The number of hydrogen-bond acceptors (Lipinski definition) is 3. The third kappa shape index (κ3) is 3.28. The van der Waals surface area contributed by atoms with Crippen molar-refractivity contribution in [3.8, 4) is 0 Å². The van der Waals surface area contributed by atoms with Gasteiger partial charge in [-0.15, -0.1) is 0 Å². The summed E-state index contributed by atoms with van der Waals surface area (Å²) < 4.78 is 6.90. The van der Waals surface area contributed by atoms with Crippen molar-refractivity contribution in [1.82, 2.24) is 9.47 Å². The van der Waals surface area contributed by atoms with Gasteiger partial charge in [0.1, 0.15) is 6.54 Å². The largest absolute Gasteiger partial charge is 0.465 e. The summed E-state index contributed by atoms with van der Waals surface area (Å²) in [6.45, 7) is 2.80. The quantitative estimate of drug-likeness (QED) is 0.820. The lowest BCUT2D eigenvalue weighted by Gasteiger charge is -2.16. The fourth-order valence-electron chi connectivity index (χ4n) is 3.39. The SMILES string of the molecule is CCOC(=O)Cn1c2c(c3c(Cl)ccc(Cl)c31)CCN(C(=O)O)CC2. The van der Waals surface area contributed by atoms with Gasteiger partial charge in [0.2, 0.25) is 0 Å². The van der Waals surface area contributed by atoms with Crippen LogP contribution in [0.5, 0.6) is 0 Å². The molecule has 1 amide bonds. The van der Waals surface area contributed by atoms with Crippen LogP contribution in [0.15, 0.2) is 12.1 Å². The van der Waals surface area contributed by atoms with Crippen LogP contribution in [0.2, 0.25) is 10.0 Å². The van der Waals surface area contributed by atoms with Crippen molar-refractivity contribution in [2.24, 2.45) is 0 Å². The first kappa shape index (κ1) is 17.9. The molecule has 8 heteroatoms. The van der Waals surface area contributed by atoms with Gasteiger partial charge in [0, 0.05) is 30.6 Å². The van der Waals surface area contributed by atoms with Crippen LogP contribution in [-0.2, 0) is 28.9 Å². The average molecular weight is 385 g/mol. The molecule has 1 aliphatic heterocycles. The number of amides is 1. The Kier molecular flexibility index (Phi) is 5.11. The van der Waals surface area contributed by atoms with Crippen LogP contribution in [0, 0.1) is 0 Å². The third-order valence-corrected chi connectivity index (χ3v) is 5.06. The third-order valence-electron chi connectivity index (χ3n) is 4.44. The van der Waals surface area contributed by atoms with E-state index in [0.717, 1.165) is 16.6 Å². The Hall–Kier alpha value is -1.92. The molecule has 0 radical (unpaired) electrons. The van der Waals surface area contributed by atoms with Gasteiger partial charge in [0.05, 0.1) is 22.2 Å². The highest BCUT2D eigenvalue weighted by molar-refractivity contribution is 6.40. The topological polar surface area (TPSA) is 71.8 Å². The first-order valence-electron chi connectivity index (χ1n) is 8.05. The summed E-state index contributed by atoms with van der Waals surface area (Å²) in [7, 11) is 0. The van der Waals surface area contributed by atoms with Crippen molar-refractivity contribution >= 4 is 46.2 Å². The van der Waals surface area contributed by atoms with Crippen LogP contribution in [0.25, 0.3) is 10.9 Å². The van der Waals surface area contributed by atoms with E-state index >= 15 is 0 Å². The molecule has 1 aliphatic rings. The summed E-state index contributed by atoms with van der Waals surface area (Å²) in [6.07, 6.45) is 0.0617. The zero-order chi connectivity index (χ0) is 18.1. The van der Waals surface area contributed by atoms with Gasteiger partial charge >= 0.3 is 12.1 Å². The maximum absolute atomic E-state index is 12.1. The van der Waals surface area contributed by atoms with Crippen LogP contribution in [0.1, 0.15) is 18.2 Å². The fourth-order valence-corrected chi connectivity index (χ4v) is 3.92. The molecule has 1 N–H and O–H groups in total. The molecule has 6 nitrogen and oxygen atoms in total. The first-order valence-corrected chi connectivity index (χ1v) is 8.81. The van der Waals surface area contributed by atoms with Crippen LogP contribution in [-0.4, -0.2) is 46.3 Å². The van der Waals surface area contributed by atoms with Gasteiger partial charge in [-0.25, -0.2) is 4.79 Å². The number of rotatable bonds is 3. The lowest BCUT2D eigenvalue weighted by atomic mass is 10.1. The second-order valence-electron chi connectivity index (χ2n) is 5.84. The van der Waals surface area contributed by atoms with Crippen molar-refractivity contribution in [3.63, 3.8) is 0 Å². The van der Waals surface area contributed by atoms with Crippen molar-refractivity contribution in [1.29, 1.82) is 0 Å². The van der Waals surface area contributed by atoms with Crippen LogP contribution in [0.4, 0.5) is 4.79 Å². The molecule has 1 aromatic heterocycles. The predicted octanol–water partition coefficient (Wildman–Crippen LogP) is 3.59. The zero-order valence-corrected chi connectivity index (χ0v) is 15.2. The molecule has 134 valence electrons. The summed E-state index contributed by atoms with van der Waals surface area (Å²) in [5.41, 5.74) is 2.55. The zero-order valence-electron chi connectivity index (χ0n) is 13.7. The van der Waals surface area contributed by atoms with E-state index in [4.69, 9.17) is 27.9 Å². The number of carbonyl (C=O) groups is 2. The van der Waals surface area contributed by atoms with E-state index < -0.39 is 6.09 Å². The van der Waals surface area contributed by atoms with E-state index in [9.17, 15) is 14.7 Å². The Morgan fingerprint density at radius 3 is 2.56 bits per heavy atom. The molecule has 3 rings (SSSR count). The predicted molar refractivity (Wildman–Crippen MR) is 95.6 cm³/mol. The minimum Gasteiger partial charge on any atom is -0.465 e. The average Bonchev–Trinajstić information content (AvgIpc) is 2.72. The lowest BCUT2D eigenvalue weighted by Crippen LogP contribution is -2.32. The monoisotopic (exact) mass is 384 g/mol. The molecule has 0 saturated carbocycles. The molecule has 0 saturated heterocycles. The molecule has 2 heterocycles. The van der Waals surface area contributed by atoms with E-state index in [2.05, 4.69) is 0 Å². The molecule has 0 aliphatic carbocycles. The number of aromatic nitrogens is 1. The van der Waals surface area contributed by atoms with Gasteiger partial charge < -0.3 is 19.3 Å². The Morgan fingerprint density at radius 1 is 1.20 bits per heavy atom. The number of fused-ring (bicyclic) bond motifs is 3. The maximum Gasteiger partial charge on any atom is 0.407 e. The number of carboxylic acid groups (broad SMARTS) is 1. The number of benzene rings is 1. The maximum atomic E-state index is 12.1. The van der Waals surface area contributed by atoms with Gasteiger partial charge in [-0.05, 0) is 31.0 Å². The van der Waals surface area contributed by atoms with E-state index in [1.54, 1.807) is 19.1 Å². The minimum atomic E-state index is -0.949. The van der Waals surface area contributed by atoms with Crippen LogP contribution >= 0.6 is 23.2 Å². The standard InChI is InChI=1S/C17H18Cl2N2O4/c1-2-25-14(22)9-21-13-6-8-20(17(23)24)7-5-10(13)15-11(18)3-4-12(19)16(15)21/h3-4H,2,5-9H2,1H3,(H,23,24). The summed E-state index contributed by atoms with van der Waals surface area (Å²) in [4.78, 5) is 24.8. The van der Waals surface area contributed by atoms with E-state index in [1.807, 2.05) is 4.57 Å². The summed E-state index contributed by atoms with van der Waals surface area (Å²) in [5.74, 6) is -0.363. The molecule has 0 unspecified atom stereocenters. The minimum absolute atomic E-state index is 0.0206. The van der Waals surface area contributed by atoms with Crippen LogP contribution in [0.3, 0.4) is 0 Å². The normalized spacial score (nSPS) is 14.3. The lowest BCUT2D eigenvalue weighted by molar-refractivity contribution is -0.143. The van der Waals surface area contributed by atoms with Crippen LogP contribution < -0.4 is 0 Å². The van der Waals surface area contributed by atoms with E-state index in [1.165, 1.54) is 4.90 Å². The molecule has 2 aromatic rings. The molecule has 0 atom stereocenters. The van der Waals surface area contributed by atoms with E-state index in [0.29, 0.717) is 48.1 Å². The Morgan fingerprint density at radius 2 is 1.88 bits per heavy atom. The highest BCUT2D eigenvalue weighted by Crippen LogP contribution is 2.38. The number of ether oxygens (including phenoxy) is 1. The van der Waals surface area contributed by atoms with Gasteiger partial charge in [-0.2, -0.15) is 0 Å². The second kappa shape index (κ2) is 7.14.